The molecule has 34 heavy (non-hydrogen) atoms. The number of aryl methyl sites for hydroxylation is 1. The van der Waals surface area contributed by atoms with Crippen LogP contribution in [0.4, 0.5) is 16.3 Å². The van der Waals surface area contributed by atoms with E-state index in [-0.39, 0.29) is 6.03 Å². The molecule has 0 atom stereocenters. The maximum absolute atomic E-state index is 14.0. The van der Waals surface area contributed by atoms with Crippen molar-refractivity contribution < 1.29 is 9.53 Å². The van der Waals surface area contributed by atoms with Crippen molar-refractivity contribution in [1.82, 2.24) is 9.97 Å². The Morgan fingerprint density at radius 1 is 1.09 bits per heavy atom. The third-order valence-electron chi connectivity index (χ3n) is 6.42. The number of fused-ring (bicyclic) bond motifs is 3. The number of hydrogen-bond acceptors (Lipinski definition) is 4. The number of para-hydroxylation sites is 1. The maximum atomic E-state index is 14.0. The Labute approximate surface area is 204 Å². The summed E-state index contributed by atoms with van der Waals surface area (Å²) in [5.41, 5.74) is 4.04. The average molecular weight is 475 g/mol. The molecule has 2 aromatic carbocycles. The minimum Gasteiger partial charge on any atom is -0.373 e. The highest BCUT2D eigenvalue weighted by molar-refractivity contribution is 6.34. The van der Waals surface area contributed by atoms with Crippen LogP contribution >= 0.6 is 11.6 Å². The summed E-state index contributed by atoms with van der Waals surface area (Å²) in [5.74, 6) is 1.31. The predicted molar refractivity (Wildman–Crippen MR) is 135 cm³/mol. The highest BCUT2D eigenvalue weighted by Crippen LogP contribution is 2.45. The normalized spacial score (nSPS) is 17.5. The van der Waals surface area contributed by atoms with E-state index in [1.807, 2.05) is 63.4 Å². The Morgan fingerprint density at radius 3 is 2.71 bits per heavy atom. The molecule has 3 heterocycles. The predicted octanol–water partition coefficient (Wildman–Crippen LogP) is 5.80. The number of benzene rings is 2. The monoisotopic (exact) mass is 474 g/mol. The van der Waals surface area contributed by atoms with Gasteiger partial charge in [-0.15, -0.1) is 0 Å². The standard InChI is InChI=1S/C27H27ClN4O2/c1-18-8-6-11-22(28)24(18)32-26(33)31-12-4-5-13-34-17-20-10-7-9-19(14-20)15-23-29-16-21(25(31)30-23)27(32,2)3/h4-11,14,16H,12-13,15,17H2,1-3H3. The number of anilines is 2. The van der Waals surface area contributed by atoms with Gasteiger partial charge in [-0.2, -0.15) is 0 Å². The Kier molecular flexibility index (Phi) is 5.88. The van der Waals surface area contributed by atoms with Gasteiger partial charge in [0.2, 0.25) is 0 Å². The van der Waals surface area contributed by atoms with Crippen LogP contribution in [-0.2, 0) is 23.3 Å². The van der Waals surface area contributed by atoms with Gasteiger partial charge in [-0.3, -0.25) is 9.80 Å². The summed E-state index contributed by atoms with van der Waals surface area (Å²) in [6.45, 7) is 7.35. The number of carbonyl (C=O) groups is 1. The minimum absolute atomic E-state index is 0.169. The van der Waals surface area contributed by atoms with E-state index in [0.717, 1.165) is 22.3 Å². The van der Waals surface area contributed by atoms with Crippen molar-refractivity contribution in [1.29, 1.82) is 0 Å². The van der Waals surface area contributed by atoms with E-state index in [1.165, 1.54) is 0 Å². The van der Waals surface area contributed by atoms with Crippen LogP contribution in [0.3, 0.4) is 0 Å². The number of nitrogens with zero attached hydrogens (tertiary/aromatic N) is 4. The smallest absolute Gasteiger partial charge is 0.331 e. The Hall–Kier alpha value is -3.22. The molecule has 2 amide bonds. The third-order valence-corrected chi connectivity index (χ3v) is 6.72. The Balaban J connectivity index is 1.66. The molecule has 0 saturated heterocycles. The molecule has 4 bridgehead atoms. The average Bonchev–Trinajstić information content (AvgIpc) is 2.79. The van der Waals surface area contributed by atoms with E-state index in [1.54, 1.807) is 9.80 Å². The number of rotatable bonds is 1. The topological polar surface area (TPSA) is 58.6 Å². The third kappa shape index (κ3) is 3.97. The van der Waals surface area contributed by atoms with Gasteiger partial charge in [0.15, 0.2) is 0 Å². The number of amides is 2. The highest BCUT2D eigenvalue weighted by Gasteiger charge is 2.46. The van der Waals surface area contributed by atoms with Gasteiger partial charge in [-0.25, -0.2) is 14.8 Å². The zero-order chi connectivity index (χ0) is 23.9. The fraction of sp³-hybridized carbons (Fsp3) is 0.296. The lowest BCUT2D eigenvalue weighted by Gasteiger charge is -2.47. The fourth-order valence-electron chi connectivity index (χ4n) is 4.65. The van der Waals surface area contributed by atoms with Crippen LogP contribution in [0.2, 0.25) is 5.02 Å². The summed E-state index contributed by atoms with van der Waals surface area (Å²) in [4.78, 5) is 27.1. The molecule has 0 saturated carbocycles. The van der Waals surface area contributed by atoms with Crippen molar-refractivity contribution in [3.63, 3.8) is 0 Å². The molecule has 7 heteroatoms. The quantitative estimate of drug-likeness (QED) is 0.418. The molecular formula is C27H27ClN4O2. The highest BCUT2D eigenvalue weighted by atomic mass is 35.5. The van der Waals surface area contributed by atoms with E-state index in [0.29, 0.717) is 48.5 Å². The Morgan fingerprint density at radius 2 is 1.88 bits per heavy atom. The fourth-order valence-corrected chi connectivity index (χ4v) is 4.96. The molecule has 0 spiro atoms. The van der Waals surface area contributed by atoms with Crippen molar-refractivity contribution >= 4 is 29.1 Å². The number of ether oxygens (including phenoxy) is 1. The molecule has 0 radical (unpaired) electrons. The van der Waals surface area contributed by atoms with Crippen molar-refractivity contribution in [2.24, 2.45) is 0 Å². The van der Waals surface area contributed by atoms with Crippen LogP contribution in [0.1, 0.15) is 41.9 Å². The summed E-state index contributed by atoms with van der Waals surface area (Å²) in [5, 5.41) is 0.535. The van der Waals surface area contributed by atoms with Crippen molar-refractivity contribution in [2.45, 2.75) is 39.3 Å². The molecule has 1 aromatic heterocycles. The van der Waals surface area contributed by atoms with Crippen LogP contribution in [0.25, 0.3) is 0 Å². The van der Waals surface area contributed by atoms with Crippen molar-refractivity contribution in [2.75, 3.05) is 23.0 Å². The van der Waals surface area contributed by atoms with Gasteiger partial charge in [0.05, 0.1) is 29.5 Å². The first kappa shape index (κ1) is 22.6. The van der Waals surface area contributed by atoms with Crippen molar-refractivity contribution in [3.05, 3.63) is 93.9 Å². The number of carbonyl (C=O) groups excluding carboxylic acids is 1. The van der Waals surface area contributed by atoms with Crippen LogP contribution in [-0.4, -0.2) is 29.2 Å². The second-order valence-corrected chi connectivity index (χ2v) is 9.61. The summed E-state index contributed by atoms with van der Waals surface area (Å²) in [6, 6.07) is 13.8. The molecule has 0 unspecified atom stereocenters. The number of urea groups is 1. The van der Waals surface area contributed by atoms with E-state index in [2.05, 4.69) is 18.2 Å². The molecular weight excluding hydrogens is 448 g/mol. The first-order chi connectivity index (χ1) is 16.4. The van der Waals surface area contributed by atoms with Crippen LogP contribution < -0.4 is 9.80 Å². The second-order valence-electron chi connectivity index (χ2n) is 9.20. The van der Waals surface area contributed by atoms with E-state index in [4.69, 9.17) is 26.3 Å². The van der Waals surface area contributed by atoms with E-state index in [9.17, 15) is 4.79 Å². The molecule has 2 aliphatic rings. The molecule has 6 nitrogen and oxygen atoms in total. The second kappa shape index (κ2) is 8.85. The lowest BCUT2D eigenvalue weighted by Crippen LogP contribution is -2.57. The first-order valence-electron chi connectivity index (χ1n) is 11.4. The molecule has 3 aromatic rings. The number of aromatic nitrogens is 2. The SMILES string of the molecule is Cc1cccc(Cl)c1N1C(=O)N2CC=CCOCc3cccc(c3)Cc3ncc(c2n3)C1(C)C. The molecule has 5 rings (SSSR count). The lowest BCUT2D eigenvalue weighted by atomic mass is 9.90. The molecule has 0 N–H and O–H groups in total. The maximum Gasteiger partial charge on any atom is 0.331 e. The summed E-state index contributed by atoms with van der Waals surface area (Å²) in [6.07, 6.45) is 6.32. The van der Waals surface area contributed by atoms with Crippen LogP contribution in [0.15, 0.2) is 60.8 Å². The summed E-state index contributed by atoms with van der Waals surface area (Å²) >= 11 is 6.62. The summed E-state index contributed by atoms with van der Waals surface area (Å²) in [7, 11) is 0. The Bertz CT molecular complexity index is 1270. The van der Waals surface area contributed by atoms with Gasteiger partial charge >= 0.3 is 6.03 Å². The number of hydrogen-bond donors (Lipinski definition) is 0. The zero-order valence-electron chi connectivity index (χ0n) is 19.6. The van der Waals surface area contributed by atoms with E-state index < -0.39 is 5.54 Å². The lowest BCUT2D eigenvalue weighted by molar-refractivity contribution is 0.148. The molecule has 0 fully saturated rings. The first-order valence-corrected chi connectivity index (χ1v) is 11.8. The van der Waals surface area contributed by atoms with Crippen LogP contribution in [0, 0.1) is 6.92 Å². The van der Waals surface area contributed by atoms with Gasteiger partial charge in [-0.1, -0.05) is 60.2 Å². The van der Waals surface area contributed by atoms with Crippen LogP contribution in [0.5, 0.6) is 0 Å². The zero-order valence-corrected chi connectivity index (χ0v) is 20.3. The van der Waals surface area contributed by atoms with Gasteiger partial charge < -0.3 is 4.74 Å². The van der Waals surface area contributed by atoms with Gasteiger partial charge in [-0.05, 0) is 43.5 Å². The molecule has 174 valence electrons. The number of halogens is 1. The molecule has 2 aliphatic heterocycles. The van der Waals surface area contributed by atoms with Gasteiger partial charge in [0, 0.05) is 24.7 Å². The molecule has 0 aliphatic carbocycles. The minimum atomic E-state index is -0.699. The van der Waals surface area contributed by atoms with Gasteiger partial charge in [0.1, 0.15) is 11.6 Å². The van der Waals surface area contributed by atoms with E-state index >= 15 is 0 Å². The van der Waals surface area contributed by atoms with Gasteiger partial charge in [0.25, 0.3) is 0 Å². The van der Waals surface area contributed by atoms with Crippen molar-refractivity contribution in [3.8, 4) is 0 Å². The summed E-state index contributed by atoms with van der Waals surface area (Å²) < 4.78 is 5.81. The largest absolute Gasteiger partial charge is 0.373 e.